The first-order valence-corrected chi connectivity index (χ1v) is 12.5. The first-order valence-electron chi connectivity index (χ1n) is 12.5. The molecule has 5 rings (SSSR count). The molecular weight excluding hydrogens is 482 g/mol. The molecule has 3 aromatic rings. The molecule has 2 aromatic carbocycles. The lowest BCUT2D eigenvalue weighted by Crippen LogP contribution is -2.28. The predicted octanol–water partition coefficient (Wildman–Crippen LogP) is 5.17. The number of nitrogens with one attached hydrogen (secondary N) is 1. The van der Waals surface area contributed by atoms with Gasteiger partial charge < -0.3 is 29.2 Å². The molecule has 0 radical (unpaired) electrons. The van der Waals surface area contributed by atoms with Crippen LogP contribution >= 0.6 is 0 Å². The fourth-order valence-corrected chi connectivity index (χ4v) is 5.24. The number of fused-ring (bicyclic) bond motifs is 2. The summed E-state index contributed by atoms with van der Waals surface area (Å²) in [5.74, 6) is -0.355. The average Bonchev–Trinajstić information content (AvgIpc) is 3.47. The lowest BCUT2D eigenvalue weighted by molar-refractivity contribution is -0.173. The number of methoxy groups -OCH3 is 1. The van der Waals surface area contributed by atoms with E-state index >= 15 is 4.39 Å². The van der Waals surface area contributed by atoms with Crippen LogP contribution in [0.5, 0.6) is 11.5 Å². The highest BCUT2D eigenvalue weighted by atomic mass is 19.2. The molecule has 1 saturated carbocycles. The van der Waals surface area contributed by atoms with Gasteiger partial charge in [-0.25, -0.2) is 4.39 Å². The third-order valence-corrected chi connectivity index (χ3v) is 7.24. The van der Waals surface area contributed by atoms with E-state index in [1.807, 2.05) is 24.5 Å². The van der Waals surface area contributed by atoms with Crippen LogP contribution in [0.25, 0.3) is 10.9 Å². The van der Waals surface area contributed by atoms with Gasteiger partial charge in [0.25, 0.3) is 0 Å². The van der Waals surface area contributed by atoms with E-state index < -0.39 is 17.3 Å². The molecule has 1 unspecified atom stereocenters. The average molecular weight is 515 g/mol. The van der Waals surface area contributed by atoms with Crippen molar-refractivity contribution >= 4 is 22.5 Å². The number of benzene rings is 2. The Morgan fingerprint density at radius 2 is 1.92 bits per heavy atom. The minimum absolute atomic E-state index is 0.0208. The maximum absolute atomic E-state index is 15.3. The lowest BCUT2D eigenvalue weighted by atomic mass is 9.90. The van der Waals surface area contributed by atoms with Crippen LogP contribution in [0.4, 0.5) is 14.5 Å². The Kier molecular flexibility index (Phi) is 6.19. The van der Waals surface area contributed by atoms with Gasteiger partial charge in [0, 0.05) is 49.7 Å². The summed E-state index contributed by atoms with van der Waals surface area (Å²) in [7, 11) is 1.64. The molecule has 198 valence electrons. The van der Waals surface area contributed by atoms with Crippen LogP contribution in [0.15, 0.2) is 36.4 Å². The third-order valence-electron chi connectivity index (χ3n) is 7.24. The number of aryl methyl sites for hydroxylation is 1. The van der Waals surface area contributed by atoms with Gasteiger partial charge in [-0.05, 0) is 49.1 Å². The molecule has 1 aromatic heterocycles. The lowest BCUT2D eigenvalue weighted by Gasteiger charge is -2.26. The molecule has 1 aliphatic carbocycles. The van der Waals surface area contributed by atoms with Gasteiger partial charge >= 0.3 is 6.04 Å². The Morgan fingerprint density at radius 1 is 1.19 bits per heavy atom. The maximum Gasteiger partial charge on any atom is 0.404 e. The van der Waals surface area contributed by atoms with Crippen LogP contribution in [-0.2, 0) is 26.9 Å². The van der Waals surface area contributed by atoms with Crippen molar-refractivity contribution in [3.8, 4) is 11.5 Å². The van der Waals surface area contributed by atoms with Gasteiger partial charge in [-0.2, -0.15) is 4.39 Å². The van der Waals surface area contributed by atoms with E-state index in [9.17, 15) is 14.3 Å². The summed E-state index contributed by atoms with van der Waals surface area (Å²) in [6, 6.07) is 7.75. The molecule has 2 aliphatic rings. The predicted molar refractivity (Wildman–Crippen MR) is 135 cm³/mol. The summed E-state index contributed by atoms with van der Waals surface area (Å²) in [5, 5.41) is 13.0. The van der Waals surface area contributed by atoms with Gasteiger partial charge in [0.2, 0.25) is 5.91 Å². The molecule has 7 nitrogen and oxygen atoms in total. The summed E-state index contributed by atoms with van der Waals surface area (Å²) >= 11 is 0. The van der Waals surface area contributed by atoms with E-state index in [1.54, 1.807) is 31.4 Å². The molecule has 2 heterocycles. The van der Waals surface area contributed by atoms with Crippen molar-refractivity contribution in [2.24, 2.45) is 0 Å². The minimum atomic E-state index is -2.25. The number of aliphatic hydroxyl groups is 1. The van der Waals surface area contributed by atoms with Crippen molar-refractivity contribution in [1.82, 2.24) is 4.57 Å². The van der Waals surface area contributed by atoms with E-state index in [0.29, 0.717) is 43.5 Å². The highest BCUT2D eigenvalue weighted by Crippen LogP contribution is 2.52. The highest BCUT2D eigenvalue weighted by molar-refractivity contribution is 6.02. The second kappa shape index (κ2) is 8.99. The molecule has 9 heteroatoms. The van der Waals surface area contributed by atoms with Crippen molar-refractivity contribution in [2.45, 2.75) is 63.4 Å². The van der Waals surface area contributed by atoms with Crippen LogP contribution in [0.2, 0.25) is 0 Å². The number of aromatic nitrogens is 1. The third kappa shape index (κ3) is 4.55. The molecule has 0 saturated heterocycles. The molecule has 1 amide bonds. The van der Waals surface area contributed by atoms with Crippen LogP contribution in [0.1, 0.15) is 51.3 Å². The Bertz CT molecular complexity index is 1360. The van der Waals surface area contributed by atoms with E-state index in [-0.39, 0.29) is 35.1 Å². The summed E-state index contributed by atoms with van der Waals surface area (Å²) in [5.41, 5.74) is 1.22. The number of hydrogen-bond acceptors (Lipinski definition) is 5. The van der Waals surface area contributed by atoms with E-state index in [4.69, 9.17) is 14.2 Å². The number of ether oxygens (including phenoxy) is 3. The number of alkyl halides is 1. The highest BCUT2D eigenvalue weighted by Gasteiger charge is 2.52. The van der Waals surface area contributed by atoms with Gasteiger partial charge in [-0.3, -0.25) is 4.79 Å². The largest absolute Gasteiger partial charge is 0.423 e. The van der Waals surface area contributed by atoms with Crippen molar-refractivity contribution < 1.29 is 32.9 Å². The van der Waals surface area contributed by atoms with Crippen molar-refractivity contribution in [1.29, 1.82) is 0 Å². The number of aliphatic hydroxyl groups excluding tert-OH is 1. The monoisotopic (exact) mass is 514 g/mol. The summed E-state index contributed by atoms with van der Waals surface area (Å²) < 4.78 is 47.2. The number of hydrogen-bond donors (Lipinski definition) is 2. The second-order valence-corrected chi connectivity index (χ2v) is 10.7. The Hall–Kier alpha value is -3.17. The zero-order valence-corrected chi connectivity index (χ0v) is 21.5. The van der Waals surface area contributed by atoms with Crippen LogP contribution < -0.4 is 14.8 Å². The molecule has 1 fully saturated rings. The molecule has 37 heavy (non-hydrogen) atoms. The summed E-state index contributed by atoms with van der Waals surface area (Å²) in [6.07, 6.45) is 1.70. The van der Waals surface area contributed by atoms with Gasteiger partial charge in [0.05, 0.1) is 23.2 Å². The normalized spacial score (nSPS) is 19.9. The zero-order chi connectivity index (χ0) is 26.6. The second-order valence-electron chi connectivity index (χ2n) is 10.7. The smallest absolute Gasteiger partial charge is 0.404 e. The van der Waals surface area contributed by atoms with E-state index in [0.717, 1.165) is 11.1 Å². The van der Waals surface area contributed by atoms with Gasteiger partial charge in [0.15, 0.2) is 11.5 Å². The van der Waals surface area contributed by atoms with Crippen molar-refractivity contribution in [3.05, 3.63) is 53.5 Å². The van der Waals surface area contributed by atoms with Crippen LogP contribution in [0.3, 0.4) is 0 Å². The molecule has 1 aliphatic heterocycles. The molecule has 0 spiro atoms. The van der Waals surface area contributed by atoms with Gasteiger partial charge in [-0.1, -0.05) is 19.9 Å². The SMILES string of the molecule is COCC(C)(C)c1cc2cc(NC(=O)C3(c4ccc5c(c4)OC(C)(F)O5)CC3)c(F)cc2n1CCCO. The zero-order valence-electron chi connectivity index (χ0n) is 21.5. The summed E-state index contributed by atoms with van der Waals surface area (Å²) in [6.45, 7) is 6.28. The van der Waals surface area contributed by atoms with Crippen LogP contribution in [-0.4, -0.2) is 41.9 Å². The van der Waals surface area contributed by atoms with Crippen molar-refractivity contribution in [3.63, 3.8) is 0 Å². The standard InChI is InChI=1S/C28H32F2N2O5/c1-26(2,16-35-4)24-13-17-12-20(19(29)15-21(17)32(24)10-5-11-33)31-25(34)28(8-9-28)18-6-7-22-23(14-18)37-27(3,30)36-22/h6-7,12-15,33H,5,8-11,16H2,1-4H3,(H,31,34). The van der Waals surface area contributed by atoms with Crippen molar-refractivity contribution in [2.75, 3.05) is 25.6 Å². The Morgan fingerprint density at radius 3 is 2.59 bits per heavy atom. The fraction of sp³-hybridized carbons (Fsp3) is 0.464. The molecule has 1 atom stereocenters. The minimum Gasteiger partial charge on any atom is -0.423 e. The fourth-order valence-electron chi connectivity index (χ4n) is 5.24. The topological polar surface area (TPSA) is 82.0 Å². The van der Waals surface area contributed by atoms with Gasteiger partial charge in [-0.15, -0.1) is 0 Å². The number of anilines is 1. The Labute approximate surface area is 214 Å². The van der Waals surface area contributed by atoms with E-state index in [1.165, 1.54) is 13.0 Å². The summed E-state index contributed by atoms with van der Waals surface area (Å²) in [4.78, 5) is 13.4. The maximum atomic E-state index is 15.3. The molecular formula is C28H32F2N2O5. The number of halogens is 2. The first kappa shape index (κ1) is 25.5. The number of nitrogens with zero attached hydrogens (tertiary/aromatic N) is 1. The molecule has 2 N–H and O–H groups in total. The first-order chi connectivity index (χ1) is 17.5. The molecule has 0 bridgehead atoms. The van der Waals surface area contributed by atoms with Gasteiger partial charge in [0.1, 0.15) is 5.82 Å². The van der Waals surface area contributed by atoms with E-state index in [2.05, 4.69) is 5.32 Å². The number of carbonyl (C=O) groups is 1. The van der Waals surface area contributed by atoms with Crippen LogP contribution in [0, 0.1) is 5.82 Å². The number of amides is 1. The number of rotatable bonds is 9. The number of carbonyl (C=O) groups excluding carboxylic acids is 1. The quantitative estimate of drug-likeness (QED) is 0.412. The Balaban J connectivity index is 1.45.